The number of nitrogens with zero attached hydrogens (tertiary/aromatic N) is 4. The predicted octanol–water partition coefficient (Wildman–Crippen LogP) is 3.83. The number of aromatic nitrogens is 4. The second-order valence-corrected chi connectivity index (χ2v) is 8.19. The third-order valence-corrected chi connectivity index (χ3v) is 6.30. The molecule has 3 aromatic heterocycles. The van der Waals surface area contributed by atoms with Crippen LogP contribution in [0.3, 0.4) is 0 Å². The van der Waals surface area contributed by atoms with Gasteiger partial charge in [0.25, 0.3) is 0 Å². The van der Waals surface area contributed by atoms with E-state index in [0.29, 0.717) is 6.04 Å². The molecule has 0 unspecified atom stereocenters. The first-order chi connectivity index (χ1) is 10.3. The van der Waals surface area contributed by atoms with E-state index in [1.807, 2.05) is 0 Å². The van der Waals surface area contributed by atoms with Crippen LogP contribution in [0.1, 0.15) is 24.6 Å². The number of thiophene rings is 1. The maximum atomic E-state index is 4.41. The van der Waals surface area contributed by atoms with E-state index in [4.69, 9.17) is 0 Å². The first-order valence-corrected chi connectivity index (χ1v) is 9.28. The van der Waals surface area contributed by atoms with Crippen LogP contribution in [0, 0.1) is 0 Å². The molecule has 8 heteroatoms. The van der Waals surface area contributed by atoms with Crippen molar-refractivity contribution < 1.29 is 0 Å². The number of aryl methyl sites for hydroxylation is 1. The maximum absolute atomic E-state index is 4.41. The van der Waals surface area contributed by atoms with Crippen molar-refractivity contribution in [1.29, 1.82) is 0 Å². The van der Waals surface area contributed by atoms with Gasteiger partial charge >= 0.3 is 0 Å². The van der Waals surface area contributed by atoms with Gasteiger partial charge in [-0.05, 0) is 37.1 Å². The van der Waals surface area contributed by atoms with Gasteiger partial charge < -0.3 is 5.32 Å². The number of hydrogen-bond acceptors (Lipinski definition) is 8. The van der Waals surface area contributed by atoms with Crippen LogP contribution in [0.5, 0.6) is 0 Å². The van der Waals surface area contributed by atoms with E-state index in [9.17, 15) is 0 Å². The second-order valence-electron chi connectivity index (χ2n) is 4.86. The average Bonchev–Trinajstić information content (AvgIpc) is 3.02. The maximum Gasteiger partial charge on any atom is 0.206 e. The topological polar surface area (TPSA) is 63.6 Å². The summed E-state index contributed by atoms with van der Waals surface area (Å²) >= 11 is 4.89. The van der Waals surface area contributed by atoms with Crippen molar-refractivity contribution in [3.8, 4) is 0 Å². The summed E-state index contributed by atoms with van der Waals surface area (Å²) in [6.45, 7) is 2.16. The first kappa shape index (κ1) is 13.4. The Labute approximate surface area is 134 Å². The largest absolute Gasteiger partial charge is 0.357 e. The third-order valence-electron chi connectivity index (χ3n) is 3.19. The molecule has 0 atom stereocenters. The summed E-state index contributed by atoms with van der Waals surface area (Å²) in [7, 11) is 0. The minimum absolute atomic E-state index is 0.602. The molecule has 1 saturated carbocycles. The quantitative estimate of drug-likeness (QED) is 0.715. The molecule has 1 aliphatic rings. The molecule has 3 heterocycles. The zero-order chi connectivity index (χ0) is 14.2. The van der Waals surface area contributed by atoms with Crippen molar-refractivity contribution >= 4 is 49.8 Å². The SMILES string of the molecule is CCc1cc2c(Sc3nnc(NC4CC4)s3)ncnc2s1. The van der Waals surface area contributed by atoms with Gasteiger partial charge in [0.05, 0.1) is 0 Å². The molecule has 0 spiro atoms. The fourth-order valence-electron chi connectivity index (χ4n) is 1.93. The van der Waals surface area contributed by atoms with Crippen molar-refractivity contribution in [2.75, 3.05) is 5.32 Å². The fourth-order valence-corrected chi connectivity index (χ4v) is 4.74. The van der Waals surface area contributed by atoms with Gasteiger partial charge in [-0.25, -0.2) is 9.97 Å². The Bertz CT molecular complexity index is 777. The van der Waals surface area contributed by atoms with E-state index >= 15 is 0 Å². The minimum Gasteiger partial charge on any atom is -0.357 e. The summed E-state index contributed by atoms with van der Waals surface area (Å²) < 4.78 is 0.919. The highest BCUT2D eigenvalue weighted by atomic mass is 32.2. The molecule has 0 saturated heterocycles. The second kappa shape index (κ2) is 5.51. The molecule has 0 bridgehead atoms. The van der Waals surface area contributed by atoms with Crippen LogP contribution >= 0.6 is 34.4 Å². The molecule has 0 amide bonds. The molecule has 1 N–H and O–H groups in total. The van der Waals surface area contributed by atoms with Crippen molar-refractivity contribution in [3.05, 3.63) is 17.3 Å². The van der Waals surface area contributed by atoms with Crippen LogP contribution in [0.15, 0.2) is 21.8 Å². The number of nitrogens with one attached hydrogen (secondary N) is 1. The minimum atomic E-state index is 0.602. The molecule has 21 heavy (non-hydrogen) atoms. The number of fused-ring (bicyclic) bond motifs is 1. The van der Waals surface area contributed by atoms with Crippen LogP contribution in [0.25, 0.3) is 10.2 Å². The van der Waals surface area contributed by atoms with E-state index in [1.165, 1.54) is 17.7 Å². The summed E-state index contributed by atoms with van der Waals surface area (Å²) in [4.78, 5) is 11.1. The lowest BCUT2D eigenvalue weighted by Crippen LogP contribution is -1.99. The molecule has 0 radical (unpaired) electrons. The van der Waals surface area contributed by atoms with E-state index in [1.54, 1.807) is 40.8 Å². The number of anilines is 1. The molecule has 0 aliphatic heterocycles. The third kappa shape index (κ3) is 2.88. The summed E-state index contributed by atoms with van der Waals surface area (Å²) in [5, 5.41) is 14.8. The summed E-state index contributed by atoms with van der Waals surface area (Å²) in [5.74, 6) is 0. The van der Waals surface area contributed by atoms with Gasteiger partial charge in [-0.15, -0.1) is 21.5 Å². The molecule has 108 valence electrons. The van der Waals surface area contributed by atoms with Crippen molar-refractivity contribution in [1.82, 2.24) is 20.2 Å². The number of rotatable bonds is 5. The van der Waals surface area contributed by atoms with E-state index in [2.05, 4.69) is 38.5 Å². The standard InChI is InChI=1S/C13H13N5S3/c1-2-8-5-9-10(19-8)14-6-15-11(9)20-13-18-17-12(21-13)16-7-3-4-7/h5-7H,2-4H2,1H3,(H,16,17). The molecule has 4 rings (SSSR count). The van der Waals surface area contributed by atoms with Crippen molar-refractivity contribution in [2.24, 2.45) is 0 Å². The van der Waals surface area contributed by atoms with Crippen molar-refractivity contribution in [3.63, 3.8) is 0 Å². The molecule has 0 aromatic carbocycles. The summed E-state index contributed by atoms with van der Waals surface area (Å²) in [5.41, 5.74) is 0. The Balaban J connectivity index is 1.60. The van der Waals surface area contributed by atoms with Gasteiger partial charge in [-0.2, -0.15) is 0 Å². The lowest BCUT2D eigenvalue weighted by molar-refractivity contribution is 0.991. The monoisotopic (exact) mass is 335 g/mol. The first-order valence-electron chi connectivity index (χ1n) is 6.83. The van der Waals surface area contributed by atoms with E-state index < -0.39 is 0 Å². The van der Waals surface area contributed by atoms with E-state index in [0.717, 1.165) is 31.1 Å². The lowest BCUT2D eigenvalue weighted by Gasteiger charge is -1.97. The highest BCUT2D eigenvalue weighted by Crippen LogP contribution is 2.37. The molecule has 1 aliphatic carbocycles. The van der Waals surface area contributed by atoms with Crippen LogP contribution in [-0.4, -0.2) is 26.2 Å². The molecular weight excluding hydrogens is 322 g/mol. The van der Waals surface area contributed by atoms with Crippen LogP contribution < -0.4 is 5.32 Å². The Morgan fingerprint density at radius 3 is 3.00 bits per heavy atom. The lowest BCUT2D eigenvalue weighted by atomic mass is 10.3. The van der Waals surface area contributed by atoms with Gasteiger partial charge in [0.1, 0.15) is 16.2 Å². The fraction of sp³-hybridized carbons (Fsp3) is 0.385. The highest BCUT2D eigenvalue weighted by molar-refractivity contribution is 8.01. The van der Waals surface area contributed by atoms with Gasteiger partial charge in [0.15, 0.2) is 4.34 Å². The van der Waals surface area contributed by atoms with Crippen LogP contribution in [0.2, 0.25) is 0 Å². The van der Waals surface area contributed by atoms with Crippen molar-refractivity contribution in [2.45, 2.75) is 41.6 Å². The Morgan fingerprint density at radius 2 is 2.19 bits per heavy atom. The van der Waals surface area contributed by atoms with E-state index in [-0.39, 0.29) is 0 Å². The Hall–Kier alpha value is -1.25. The van der Waals surface area contributed by atoms with Gasteiger partial charge in [-0.1, -0.05) is 18.3 Å². The predicted molar refractivity (Wildman–Crippen MR) is 87.5 cm³/mol. The zero-order valence-electron chi connectivity index (χ0n) is 11.4. The number of hydrogen-bond donors (Lipinski definition) is 1. The van der Waals surface area contributed by atoms with Gasteiger partial charge in [-0.3, -0.25) is 0 Å². The average molecular weight is 335 g/mol. The molecule has 3 aromatic rings. The van der Waals surface area contributed by atoms with Gasteiger partial charge in [0.2, 0.25) is 5.13 Å². The Morgan fingerprint density at radius 1 is 1.29 bits per heavy atom. The molecule has 1 fully saturated rings. The molecular formula is C13H13N5S3. The highest BCUT2D eigenvalue weighted by Gasteiger charge is 2.22. The Kier molecular flexibility index (Phi) is 3.52. The summed E-state index contributed by atoms with van der Waals surface area (Å²) in [6, 6.07) is 2.79. The van der Waals surface area contributed by atoms with Crippen LogP contribution in [0.4, 0.5) is 5.13 Å². The van der Waals surface area contributed by atoms with Gasteiger partial charge in [0, 0.05) is 16.3 Å². The summed E-state index contributed by atoms with van der Waals surface area (Å²) in [6.07, 6.45) is 5.14. The zero-order valence-corrected chi connectivity index (χ0v) is 13.8. The molecule has 5 nitrogen and oxygen atoms in total. The normalized spacial score (nSPS) is 14.7. The smallest absolute Gasteiger partial charge is 0.206 e. The van der Waals surface area contributed by atoms with Crippen LogP contribution in [-0.2, 0) is 6.42 Å².